The standard InChI is InChI=1S/C16H14N2O/c1-10-3-6-12(7-4-10)15-17-14-8-5-11(2)9-13(14)16(19)18-15/h3-9H,1-2H3,(H,17,18,19). The summed E-state index contributed by atoms with van der Waals surface area (Å²) >= 11 is 0. The summed E-state index contributed by atoms with van der Waals surface area (Å²) in [7, 11) is 0. The van der Waals surface area contributed by atoms with Gasteiger partial charge in [0.2, 0.25) is 0 Å². The van der Waals surface area contributed by atoms with E-state index in [4.69, 9.17) is 0 Å². The van der Waals surface area contributed by atoms with Gasteiger partial charge in [0.15, 0.2) is 0 Å². The molecule has 94 valence electrons. The van der Waals surface area contributed by atoms with Crippen LogP contribution in [0.5, 0.6) is 0 Å². The van der Waals surface area contributed by atoms with Gasteiger partial charge in [0, 0.05) is 5.56 Å². The Balaban J connectivity index is 2.24. The first-order valence-corrected chi connectivity index (χ1v) is 6.21. The molecule has 0 bridgehead atoms. The Kier molecular flexibility index (Phi) is 2.67. The Hall–Kier alpha value is -2.42. The van der Waals surface area contributed by atoms with E-state index in [-0.39, 0.29) is 5.56 Å². The molecule has 0 saturated heterocycles. The van der Waals surface area contributed by atoms with Gasteiger partial charge in [-0.15, -0.1) is 0 Å². The molecule has 1 N–H and O–H groups in total. The van der Waals surface area contributed by atoms with Gasteiger partial charge in [0.05, 0.1) is 10.9 Å². The predicted octanol–water partition coefficient (Wildman–Crippen LogP) is 3.21. The zero-order chi connectivity index (χ0) is 13.4. The summed E-state index contributed by atoms with van der Waals surface area (Å²) in [4.78, 5) is 19.5. The number of aromatic nitrogens is 2. The largest absolute Gasteiger partial charge is 0.306 e. The van der Waals surface area contributed by atoms with E-state index in [0.717, 1.165) is 16.6 Å². The lowest BCUT2D eigenvalue weighted by Gasteiger charge is -2.04. The third-order valence-corrected chi connectivity index (χ3v) is 3.19. The van der Waals surface area contributed by atoms with Crippen molar-refractivity contribution in [3.63, 3.8) is 0 Å². The Bertz CT molecular complexity index is 801. The zero-order valence-electron chi connectivity index (χ0n) is 10.9. The van der Waals surface area contributed by atoms with Gasteiger partial charge in [-0.25, -0.2) is 4.98 Å². The second-order valence-electron chi connectivity index (χ2n) is 4.80. The van der Waals surface area contributed by atoms with E-state index in [1.807, 2.05) is 56.3 Å². The van der Waals surface area contributed by atoms with Crippen molar-refractivity contribution in [2.75, 3.05) is 0 Å². The second-order valence-corrected chi connectivity index (χ2v) is 4.80. The SMILES string of the molecule is Cc1ccc(-c2nc3ccc(C)cc3c(=O)[nH]2)cc1. The summed E-state index contributed by atoms with van der Waals surface area (Å²) in [5.74, 6) is 0.612. The van der Waals surface area contributed by atoms with Crippen LogP contribution in [0.25, 0.3) is 22.3 Å². The summed E-state index contributed by atoms with van der Waals surface area (Å²) in [6, 6.07) is 13.7. The predicted molar refractivity (Wildman–Crippen MR) is 77.3 cm³/mol. The molecular formula is C16H14N2O. The minimum Gasteiger partial charge on any atom is -0.306 e. The summed E-state index contributed by atoms with van der Waals surface area (Å²) in [6.07, 6.45) is 0. The van der Waals surface area contributed by atoms with Crippen molar-refractivity contribution in [1.29, 1.82) is 0 Å². The summed E-state index contributed by atoms with van der Waals surface area (Å²) in [6.45, 7) is 4.00. The van der Waals surface area contributed by atoms with Crippen molar-refractivity contribution in [3.05, 3.63) is 63.9 Å². The van der Waals surface area contributed by atoms with Crippen LogP contribution in [0.15, 0.2) is 47.3 Å². The molecule has 0 aliphatic heterocycles. The van der Waals surface area contributed by atoms with Crippen molar-refractivity contribution >= 4 is 10.9 Å². The van der Waals surface area contributed by atoms with Gasteiger partial charge in [-0.3, -0.25) is 4.79 Å². The van der Waals surface area contributed by atoms with Crippen LogP contribution < -0.4 is 5.56 Å². The molecule has 0 fully saturated rings. The number of hydrogen-bond acceptors (Lipinski definition) is 2. The lowest BCUT2D eigenvalue weighted by Crippen LogP contribution is -2.09. The topological polar surface area (TPSA) is 45.8 Å². The molecule has 3 aromatic rings. The van der Waals surface area contributed by atoms with Gasteiger partial charge in [0.1, 0.15) is 5.82 Å². The molecule has 0 aliphatic rings. The second kappa shape index (κ2) is 4.35. The number of H-pyrrole nitrogens is 1. The first kappa shape index (κ1) is 11.7. The van der Waals surface area contributed by atoms with Gasteiger partial charge in [-0.05, 0) is 26.0 Å². The number of nitrogens with one attached hydrogen (secondary N) is 1. The first-order valence-electron chi connectivity index (χ1n) is 6.21. The van der Waals surface area contributed by atoms with Crippen molar-refractivity contribution < 1.29 is 0 Å². The van der Waals surface area contributed by atoms with Crippen LogP contribution in [0, 0.1) is 13.8 Å². The number of fused-ring (bicyclic) bond motifs is 1. The smallest absolute Gasteiger partial charge is 0.259 e. The van der Waals surface area contributed by atoms with Gasteiger partial charge < -0.3 is 4.98 Å². The van der Waals surface area contributed by atoms with Crippen LogP contribution in [-0.2, 0) is 0 Å². The zero-order valence-corrected chi connectivity index (χ0v) is 10.9. The number of nitrogens with zero attached hydrogens (tertiary/aromatic N) is 1. The molecule has 3 heteroatoms. The fourth-order valence-corrected chi connectivity index (χ4v) is 2.10. The first-order chi connectivity index (χ1) is 9.13. The van der Waals surface area contributed by atoms with Crippen LogP contribution in [0.2, 0.25) is 0 Å². The molecule has 0 atom stereocenters. The Morgan fingerprint density at radius 1 is 0.947 bits per heavy atom. The van der Waals surface area contributed by atoms with Crippen molar-refractivity contribution in [2.45, 2.75) is 13.8 Å². The third kappa shape index (κ3) is 2.15. The molecule has 19 heavy (non-hydrogen) atoms. The summed E-state index contributed by atoms with van der Waals surface area (Å²) < 4.78 is 0. The van der Waals surface area contributed by atoms with Crippen molar-refractivity contribution in [3.8, 4) is 11.4 Å². The van der Waals surface area contributed by atoms with Crippen molar-refractivity contribution in [2.24, 2.45) is 0 Å². The molecular weight excluding hydrogens is 236 g/mol. The monoisotopic (exact) mass is 250 g/mol. The van der Waals surface area contributed by atoms with E-state index >= 15 is 0 Å². The molecule has 0 aliphatic carbocycles. The fourth-order valence-electron chi connectivity index (χ4n) is 2.10. The molecule has 1 aromatic heterocycles. The minimum atomic E-state index is -0.0933. The van der Waals surface area contributed by atoms with Gasteiger partial charge in [0.25, 0.3) is 5.56 Å². The number of rotatable bonds is 1. The van der Waals surface area contributed by atoms with E-state index in [2.05, 4.69) is 9.97 Å². The lowest BCUT2D eigenvalue weighted by atomic mass is 10.1. The Labute approximate surface area is 111 Å². The van der Waals surface area contributed by atoms with E-state index in [0.29, 0.717) is 11.2 Å². The molecule has 0 spiro atoms. The van der Waals surface area contributed by atoms with E-state index in [9.17, 15) is 4.79 Å². The molecule has 0 radical (unpaired) electrons. The molecule has 3 nitrogen and oxygen atoms in total. The van der Waals surface area contributed by atoms with Gasteiger partial charge in [-0.2, -0.15) is 0 Å². The average Bonchev–Trinajstić information content (AvgIpc) is 2.40. The maximum atomic E-state index is 12.1. The number of benzene rings is 2. The van der Waals surface area contributed by atoms with Crippen LogP contribution in [0.4, 0.5) is 0 Å². The lowest BCUT2D eigenvalue weighted by molar-refractivity contribution is 1.17. The van der Waals surface area contributed by atoms with Crippen LogP contribution >= 0.6 is 0 Å². The minimum absolute atomic E-state index is 0.0933. The number of aryl methyl sites for hydroxylation is 2. The molecule has 0 saturated carbocycles. The van der Waals surface area contributed by atoms with Crippen LogP contribution in [-0.4, -0.2) is 9.97 Å². The molecule has 2 aromatic carbocycles. The quantitative estimate of drug-likeness (QED) is 0.720. The molecule has 3 rings (SSSR count). The normalized spacial score (nSPS) is 10.8. The fraction of sp³-hybridized carbons (Fsp3) is 0.125. The third-order valence-electron chi connectivity index (χ3n) is 3.19. The van der Waals surface area contributed by atoms with Crippen LogP contribution in [0.1, 0.15) is 11.1 Å². The summed E-state index contributed by atoms with van der Waals surface area (Å²) in [5, 5.41) is 0.635. The molecule has 1 heterocycles. The van der Waals surface area contributed by atoms with Crippen molar-refractivity contribution in [1.82, 2.24) is 9.97 Å². The van der Waals surface area contributed by atoms with E-state index in [1.54, 1.807) is 0 Å². The Morgan fingerprint density at radius 2 is 1.63 bits per heavy atom. The molecule has 0 amide bonds. The maximum absolute atomic E-state index is 12.1. The highest BCUT2D eigenvalue weighted by molar-refractivity contribution is 5.80. The maximum Gasteiger partial charge on any atom is 0.259 e. The van der Waals surface area contributed by atoms with E-state index < -0.39 is 0 Å². The highest BCUT2D eigenvalue weighted by atomic mass is 16.1. The van der Waals surface area contributed by atoms with Crippen LogP contribution in [0.3, 0.4) is 0 Å². The highest BCUT2D eigenvalue weighted by Gasteiger charge is 2.05. The summed E-state index contributed by atoms with van der Waals surface area (Å²) in [5.41, 5.74) is 3.80. The van der Waals surface area contributed by atoms with Gasteiger partial charge >= 0.3 is 0 Å². The average molecular weight is 250 g/mol. The number of hydrogen-bond donors (Lipinski definition) is 1. The number of aromatic amines is 1. The van der Waals surface area contributed by atoms with Gasteiger partial charge in [-0.1, -0.05) is 41.5 Å². The Morgan fingerprint density at radius 3 is 2.37 bits per heavy atom. The molecule has 0 unspecified atom stereocenters. The van der Waals surface area contributed by atoms with E-state index in [1.165, 1.54) is 5.56 Å². The highest BCUT2D eigenvalue weighted by Crippen LogP contribution is 2.17.